The molecule has 0 saturated carbocycles. The van der Waals surface area contributed by atoms with E-state index in [4.69, 9.17) is 11.6 Å². The van der Waals surface area contributed by atoms with E-state index in [0.717, 1.165) is 11.1 Å². The summed E-state index contributed by atoms with van der Waals surface area (Å²) in [5.74, 6) is -0.849. The van der Waals surface area contributed by atoms with Crippen LogP contribution >= 0.6 is 27.5 Å². The summed E-state index contributed by atoms with van der Waals surface area (Å²) in [5, 5.41) is 0.576. The van der Waals surface area contributed by atoms with Gasteiger partial charge in [-0.2, -0.15) is 0 Å². The fourth-order valence-electron chi connectivity index (χ4n) is 1.95. The van der Waals surface area contributed by atoms with Gasteiger partial charge in [-0.3, -0.25) is 0 Å². The van der Waals surface area contributed by atoms with Crippen molar-refractivity contribution >= 4 is 27.5 Å². The maximum atomic E-state index is 13.9. The number of hydrogen-bond donors (Lipinski definition) is 0. The lowest BCUT2D eigenvalue weighted by atomic mass is 10.0. The molecule has 2 rings (SSSR count). The van der Waals surface area contributed by atoms with Crippen LogP contribution in [0, 0.1) is 25.5 Å². The fraction of sp³-hybridized carbons (Fsp3) is 0.200. The Kier molecular flexibility index (Phi) is 4.26. The average molecular weight is 346 g/mol. The second kappa shape index (κ2) is 5.59. The summed E-state index contributed by atoms with van der Waals surface area (Å²) in [4.78, 5) is -0.431. The van der Waals surface area contributed by atoms with E-state index in [1.54, 1.807) is 6.07 Å². The minimum atomic E-state index is -0.432. The molecule has 1 atom stereocenters. The van der Waals surface area contributed by atoms with Crippen molar-refractivity contribution in [1.82, 2.24) is 0 Å². The van der Waals surface area contributed by atoms with Gasteiger partial charge in [-0.25, -0.2) is 8.78 Å². The number of benzene rings is 2. The van der Waals surface area contributed by atoms with Crippen LogP contribution in [-0.2, 0) is 0 Å². The van der Waals surface area contributed by atoms with Gasteiger partial charge in [0.05, 0.1) is 4.83 Å². The van der Waals surface area contributed by atoms with Crippen LogP contribution in [0.3, 0.4) is 0 Å². The van der Waals surface area contributed by atoms with E-state index in [9.17, 15) is 8.78 Å². The molecule has 0 bridgehead atoms. The molecule has 1 unspecified atom stereocenters. The van der Waals surface area contributed by atoms with Crippen molar-refractivity contribution in [3.8, 4) is 0 Å². The molecule has 4 heteroatoms. The topological polar surface area (TPSA) is 0 Å². The van der Waals surface area contributed by atoms with Gasteiger partial charge >= 0.3 is 0 Å². The summed E-state index contributed by atoms with van der Waals surface area (Å²) in [6, 6.07) is 7.88. The molecule has 2 aromatic rings. The monoisotopic (exact) mass is 344 g/mol. The molecule has 0 aliphatic heterocycles. The Bertz CT molecular complexity index is 606. The lowest BCUT2D eigenvalue weighted by Gasteiger charge is -2.14. The molecule has 0 aliphatic carbocycles. The minimum absolute atomic E-state index is 0.268. The third kappa shape index (κ3) is 3.15. The zero-order chi connectivity index (χ0) is 14.2. The maximum absolute atomic E-state index is 13.9. The SMILES string of the molecule is Cc1cc(Cl)cc(C(Br)c2cc(F)c(C)cc2F)c1. The molecule has 0 radical (unpaired) electrons. The Hall–Kier alpha value is -0.930. The Morgan fingerprint density at radius 1 is 1.00 bits per heavy atom. The fourth-order valence-corrected chi connectivity index (χ4v) is 2.86. The van der Waals surface area contributed by atoms with Gasteiger partial charge in [0.25, 0.3) is 0 Å². The van der Waals surface area contributed by atoms with Crippen molar-refractivity contribution in [1.29, 1.82) is 0 Å². The number of alkyl halides is 1. The first-order valence-electron chi connectivity index (χ1n) is 5.75. The standard InChI is InChI=1S/C15H12BrClF2/c1-8-3-10(6-11(17)4-8)15(16)12-7-13(18)9(2)5-14(12)19/h3-7,15H,1-2H3. The molecule has 0 nitrogen and oxygen atoms in total. The summed E-state index contributed by atoms with van der Waals surface area (Å²) < 4.78 is 27.5. The van der Waals surface area contributed by atoms with E-state index < -0.39 is 16.5 Å². The molecule has 2 aromatic carbocycles. The van der Waals surface area contributed by atoms with E-state index in [2.05, 4.69) is 15.9 Å². The second-order valence-corrected chi connectivity index (χ2v) is 5.90. The van der Waals surface area contributed by atoms with Crippen molar-refractivity contribution in [2.45, 2.75) is 18.7 Å². The van der Waals surface area contributed by atoms with Gasteiger partial charge in [-0.1, -0.05) is 33.6 Å². The van der Waals surface area contributed by atoms with Crippen LogP contribution in [0.5, 0.6) is 0 Å². The second-order valence-electron chi connectivity index (χ2n) is 4.55. The molecule has 0 aliphatic rings. The molecule has 0 aromatic heterocycles. The average Bonchev–Trinajstić information content (AvgIpc) is 2.31. The summed E-state index contributed by atoms with van der Waals surface area (Å²) in [6.07, 6.45) is 0. The zero-order valence-electron chi connectivity index (χ0n) is 10.5. The van der Waals surface area contributed by atoms with Crippen LogP contribution in [0.25, 0.3) is 0 Å². The van der Waals surface area contributed by atoms with E-state index in [1.165, 1.54) is 19.1 Å². The molecule has 0 saturated heterocycles. The van der Waals surface area contributed by atoms with Crippen LogP contribution < -0.4 is 0 Å². The summed E-state index contributed by atoms with van der Waals surface area (Å²) in [5.41, 5.74) is 2.33. The zero-order valence-corrected chi connectivity index (χ0v) is 12.8. The van der Waals surface area contributed by atoms with E-state index >= 15 is 0 Å². The highest BCUT2D eigenvalue weighted by atomic mass is 79.9. The Morgan fingerprint density at radius 2 is 1.68 bits per heavy atom. The number of rotatable bonds is 2. The molecule has 100 valence electrons. The van der Waals surface area contributed by atoms with Gasteiger partial charge in [0.15, 0.2) is 0 Å². The highest BCUT2D eigenvalue weighted by Gasteiger charge is 2.17. The van der Waals surface area contributed by atoms with E-state index in [-0.39, 0.29) is 5.56 Å². The Balaban J connectivity index is 2.49. The number of aryl methyl sites for hydroxylation is 2. The van der Waals surface area contributed by atoms with E-state index in [1.807, 2.05) is 19.1 Å². The summed E-state index contributed by atoms with van der Waals surface area (Å²) in [7, 11) is 0. The van der Waals surface area contributed by atoms with Gasteiger partial charge in [0.2, 0.25) is 0 Å². The highest BCUT2D eigenvalue weighted by Crippen LogP contribution is 2.35. The Labute approximate surface area is 124 Å². The van der Waals surface area contributed by atoms with Crippen molar-refractivity contribution < 1.29 is 8.78 Å². The summed E-state index contributed by atoms with van der Waals surface area (Å²) >= 11 is 9.40. The highest BCUT2D eigenvalue weighted by molar-refractivity contribution is 9.09. The summed E-state index contributed by atoms with van der Waals surface area (Å²) in [6.45, 7) is 3.44. The molecule has 0 N–H and O–H groups in total. The molecule has 0 amide bonds. The van der Waals surface area contributed by atoms with E-state index in [0.29, 0.717) is 10.6 Å². The predicted octanol–water partition coefficient (Wildman–Crippen LogP) is 5.72. The van der Waals surface area contributed by atoms with Crippen LogP contribution in [0.4, 0.5) is 8.78 Å². The number of halogens is 4. The first kappa shape index (κ1) is 14.5. The molecule has 19 heavy (non-hydrogen) atoms. The molecule has 0 heterocycles. The lowest BCUT2D eigenvalue weighted by molar-refractivity contribution is 0.581. The third-order valence-electron chi connectivity index (χ3n) is 2.91. The molecular formula is C15H12BrClF2. The van der Waals surface area contributed by atoms with Gasteiger partial charge in [0.1, 0.15) is 11.6 Å². The molecule has 0 spiro atoms. The first-order valence-corrected chi connectivity index (χ1v) is 7.04. The van der Waals surface area contributed by atoms with Gasteiger partial charge in [0, 0.05) is 10.6 Å². The molecular weight excluding hydrogens is 334 g/mol. The molecule has 0 fully saturated rings. The maximum Gasteiger partial charge on any atom is 0.128 e. The number of hydrogen-bond acceptors (Lipinski definition) is 0. The van der Waals surface area contributed by atoms with Crippen molar-refractivity contribution in [3.05, 3.63) is 69.2 Å². The van der Waals surface area contributed by atoms with Crippen LogP contribution in [0.2, 0.25) is 5.02 Å². The Morgan fingerprint density at radius 3 is 2.32 bits per heavy atom. The predicted molar refractivity (Wildman–Crippen MR) is 78.1 cm³/mol. The minimum Gasteiger partial charge on any atom is -0.207 e. The van der Waals surface area contributed by atoms with Crippen molar-refractivity contribution in [2.75, 3.05) is 0 Å². The van der Waals surface area contributed by atoms with Gasteiger partial charge in [-0.15, -0.1) is 0 Å². The smallest absolute Gasteiger partial charge is 0.128 e. The lowest BCUT2D eigenvalue weighted by Crippen LogP contribution is -2.00. The van der Waals surface area contributed by atoms with Gasteiger partial charge < -0.3 is 0 Å². The van der Waals surface area contributed by atoms with Crippen molar-refractivity contribution in [2.24, 2.45) is 0 Å². The largest absolute Gasteiger partial charge is 0.207 e. The van der Waals surface area contributed by atoms with Crippen LogP contribution in [0.1, 0.15) is 27.1 Å². The normalized spacial score (nSPS) is 12.5. The first-order chi connectivity index (χ1) is 8.88. The van der Waals surface area contributed by atoms with Crippen LogP contribution in [0.15, 0.2) is 30.3 Å². The van der Waals surface area contributed by atoms with Crippen molar-refractivity contribution in [3.63, 3.8) is 0 Å². The van der Waals surface area contributed by atoms with Gasteiger partial charge in [-0.05, 0) is 54.8 Å². The quantitative estimate of drug-likeness (QED) is 0.611. The third-order valence-corrected chi connectivity index (χ3v) is 4.15. The van der Waals surface area contributed by atoms with Crippen LogP contribution in [-0.4, -0.2) is 0 Å².